The molecule has 0 radical (unpaired) electrons. The van der Waals surface area contributed by atoms with Crippen LogP contribution in [0.5, 0.6) is 0 Å². The molecule has 2 aromatic rings. The van der Waals surface area contributed by atoms with Gasteiger partial charge in [0.25, 0.3) is 0 Å². The lowest BCUT2D eigenvalue weighted by Crippen LogP contribution is -2.49. The third kappa shape index (κ3) is 6.48. The van der Waals surface area contributed by atoms with Crippen molar-refractivity contribution in [2.75, 3.05) is 31.1 Å². The Kier molecular flexibility index (Phi) is 9.43. The molecule has 4 rings (SSSR count). The molecule has 0 saturated carbocycles. The lowest BCUT2D eigenvalue weighted by molar-refractivity contribution is -0.133. The Morgan fingerprint density at radius 2 is 1.89 bits per heavy atom. The van der Waals surface area contributed by atoms with E-state index in [1.54, 1.807) is 6.08 Å². The third-order valence-corrected chi connectivity index (χ3v) is 6.16. The number of piperazine rings is 1. The Balaban J connectivity index is 0.00000167. The first-order valence-electron chi connectivity index (χ1n) is 12.7. The number of aryl methyl sites for hydroxylation is 1. The van der Waals surface area contributed by atoms with Crippen LogP contribution >= 0.6 is 0 Å². The molecule has 0 spiro atoms. The summed E-state index contributed by atoms with van der Waals surface area (Å²) in [6.45, 7) is 10.5. The van der Waals surface area contributed by atoms with Crippen molar-refractivity contribution in [3.05, 3.63) is 59.7 Å². The zero-order chi connectivity index (χ0) is 25.4. The molecule has 188 valence electrons. The summed E-state index contributed by atoms with van der Waals surface area (Å²) in [5.41, 5.74) is 2.57. The van der Waals surface area contributed by atoms with Crippen LogP contribution in [0.25, 0.3) is 16.5 Å². The van der Waals surface area contributed by atoms with Crippen LogP contribution in [0.4, 0.5) is 5.82 Å². The van der Waals surface area contributed by atoms with Crippen molar-refractivity contribution in [2.45, 2.75) is 59.5 Å². The summed E-state index contributed by atoms with van der Waals surface area (Å²) in [5.74, 6) is 1.48. The summed E-state index contributed by atoms with van der Waals surface area (Å²) in [6, 6.07) is 6.13. The van der Waals surface area contributed by atoms with E-state index in [-0.39, 0.29) is 18.1 Å². The van der Waals surface area contributed by atoms with Crippen LogP contribution < -0.4 is 4.90 Å². The van der Waals surface area contributed by atoms with Crippen LogP contribution in [0.3, 0.4) is 0 Å². The minimum Gasteiger partial charge on any atom is -0.507 e. The Morgan fingerprint density at radius 3 is 2.60 bits per heavy atom. The fourth-order valence-corrected chi connectivity index (χ4v) is 4.34. The van der Waals surface area contributed by atoms with Gasteiger partial charge >= 0.3 is 0 Å². The Morgan fingerprint density at radius 1 is 1.14 bits per heavy atom. The number of hydrogen-bond donors (Lipinski definition) is 2. The summed E-state index contributed by atoms with van der Waals surface area (Å²) in [5, 5.41) is 21.5. The van der Waals surface area contributed by atoms with Crippen LogP contribution in [0.2, 0.25) is 0 Å². The highest BCUT2D eigenvalue weighted by Gasteiger charge is 2.25. The summed E-state index contributed by atoms with van der Waals surface area (Å²) in [7, 11) is 0. The number of aliphatic hydroxyl groups is 2. The summed E-state index contributed by atoms with van der Waals surface area (Å²) < 4.78 is 0. The van der Waals surface area contributed by atoms with Gasteiger partial charge in [0.2, 0.25) is 5.91 Å². The molecule has 1 aliphatic carbocycles. The standard InChI is InChI=1S/C26H32N4O3.C2H6/c1-3-7-19(31)17-24(33)29-12-14-30(15-13-29)26-20-11-10-18(2)16-22(20)27-25(28-26)21-8-5-4-6-9-23(21)32;1-2/h4,6,8-11,16,19,31-32H,3,5,7,12-15,17H2,1-2H3;1-2H3. The van der Waals surface area contributed by atoms with Crippen LogP contribution in [0.15, 0.2) is 48.3 Å². The van der Waals surface area contributed by atoms with E-state index in [1.807, 2.05) is 63.0 Å². The minimum atomic E-state index is -0.569. The molecule has 2 N–H and O–H groups in total. The smallest absolute Gasteiger partial charge is 0.225 e. The molecule has 2 aliphatic rings. The number of allylic oxidation sites excluding steroid dienone is 5. The maximum atomic E-state index is 12.6. The largest absolute Gasteiger partial charge is 0.507 e. The summed E-state index contributed by atoms with van der Waals surface area (Å²) in [4.78, 5) is 26.3. The first kappa shape index (κ1) is 26.4. The molecule has 1 aliphatic heterocycles. The second kappa shape index (κ2) is 12.5. The van der Waals surface area contributed by atoms with Gasteiger partial charge in [0.15, 0.2) is 5.82 Å². The number of benzene rings is 1. The van der Waals surface area contributed by atoms with Gasteiger partial charge in [-0.25, -0.2) is 9.97 Å². The average Bonchev–Trinajstić information content (AvgIpc) is 3.08. The molecule has 1 fully saturated rings. The van der Waals surface area contributed by atoms with Crippen molar-refractivity contribution in [1.82, 2.24) is 14.9 Å². The van der Waals surface area contributed by atoms with E-state index < -0.39 is 6.10 Å². The van der Waals surface area contributed by atoms with Gasteiger partial charge < -0.3 is 20.0 Å². The van der Waals surface area contributed by atoms with Crippen LogP contribution in [-0.2, 0) is 4.79 Å². The fraction of sp³-hybridized carbons (Fsp3) is 0.464. The number of amides is 1. The monoisotopic (exact) mass is 478 g/mol. The highest BCUT2D eigenvalue weighted by atomic mass is 16.3. The molecule has 7 heteroatoms. The molecule has 2 heterocycles. The number of aromatic nitrogens is 2. The second-order valence-corrected chi connectivity index (χ2v) is 8.74. The number of carbonyl (C=O) groups is 1. The average molecular weight is 479 g/mol. The normalized spacial score (nSPS) is 16.7. The third-order valence-electron chi connectivity index (χ3n) is 6.16. The van der Waals surface area contributed by atoms with Crippen molar-refractivity contribution in [3.8, 4) is 0 Å². The van der Waals surface area contributed by atoms with Gasteiger partial charge in [0.05, 0.1) is 23.6 Å². The molecule has 1 saturated heterocycles. The molecule has 1 amide bonds. The van der Waals surface area contributed by atoms with Gasteiger partial charge in [0.1, 0.15) is 11.6 Å². The molecule has 1 aromatic heterocycles. The van der Waals surface area contributed by atoms with E-state index in [0.717, 1.165) is 28.7 Å². The van der Waals surface area contributed by atoms with Gasteiger partial charge in [-0.2, -0.15) is 0 Å². The molecular weight excluding hydrogens is 440 g/mol. The van der Waals surface area contributed by atoms with Crippen molar-refractivity contribution >= 4 is 28.2 Å². The lowest BCUT2D eigenvalue weighted by atomic mass is 10.1. The van der Waals surface area contributed by atoms with E-state index >= 15 is 0 Å². The number of nitrogens with zero attached hydrogens (tertiary/aromatic N) is 4. The molecular formula is C28H38N4O3. The second-order valence-electron chi connectivity index (χ2n) is 8.74. The maximum absolute atomic E-state index is 12.6. The van der Waals surface area contributed by atoms with E-state index in [2.05, 4.69) is 11.0 Å². The quantitative estimate of drug-likeness (QED) is 0.611. The number of carbonyl (C=O) groups excluding carboxylic acids is 1. The SMILES string of the molecule is CC.CCCC(O)CC(=O)N1CCN(c2nc(C3=CCC=CC=C3O)nc3cc(C)ccc23)CC1. The molecule has 1 unspecified atom stereocenters. The zero-order valence-corrected chi connectivity index (χ0v) is 21.4. The molecule has 1 atom stereocenters. The van der Waals surface area contributed by atoms with Gasteiger partial charge in [-0.05, 0) is 43.5 Å². The van der Waals surface area contributed by atoms with Crippen LogP contribution in [0, 0.1) is 6.92 Å². The topological polar surface area (TPSA) is 89.8 Å². The van der Waals surface area contributed by atoms with E-state index in [4.69, 9.17) is 9.97 Å². The van der Waals surface area contributed by atoms with Crippen molar-refractivity contribution in [2.24, 2.45) is 0 Å². The molecule has 35 heavy (non-hydrogen) atoms. The number of aliphatic hydroxyl groups excluding tert-OH is 2. The first-order valence-corrected chi connectivity index (χ1v) is 12.7. The van der Waals surface area contributed by atoms with Gasteiger partial charge in [-0.1, -0.05) is 51.5 Å². The predicted molar refractivity (Wildman–Crippen MR) is 142 cm³/mol. The van der Waals surface area contributed by atoms with Crippen LogP contribution in [0.1, 0.15) is 57.8 Å². The predicted octanol–water partition coefficient (Wildman–Crippen LogP) is 4.95. The highest BCUT2D eigenvalue weighted by molar-refractivity contribution is 5.92. The van der Waals surface area contributed by atoms with Crippen molar-refractivity contribution in [3.63, 3.8) is 0 Å². The molecule has 0 bridgehead atoms. The fourth-order valence-electron chi connectivity index (χ4n) is 4.34. The molecule has 7 nitrogen and oxygen atoms in total. The van der Waals surface area contributed by atoms with Gasteiger partial charge in [-0.15, -0.1) is 0 Å². The Labute approximate surface area is 208 Å². The van der Waals surface area contributed by atoms with Gasteiger partial charge in [-0.3, -0.25) is 4.79 Å². The minimum absolute atomic E-state index is 0.00521. The highest BCUT2D eigenvalue weighted by Crippen LogP contribution is 2.30. The number of rotatable bonds is 6. The summed E-state index contributed by atoms with van der Waals surface area (Å²) >= 11 is 0. The first-order chi connectivity index (χ1) is 17.0. The lowest BCUT2D eigenvalue weighted by Gasteiger charge is -2.36. The van der Waals surface area contributed by atoms with Crippen molar-refractivity contribution < 1.29 is 15.0 Å². The van der Waals surface area contributed by atoms with Crippen molar-refractivity contribution in [1.29, 1.82) is 0 Å². The number of hydrogen-bond acceptors (Lipinski definition) is 6. The van der Waals surface area contributed by atoms with E-state index in [0.29, 0.717) is 50.4 Å². The summed E-state index contributed by atoms with van der Waals surface area (Å²) in [6.07, 6.45) is 9.23. The maximum Gasteiger partial charge on any atom is 0.225 e. The number of anilines is 1. The zero-order valence-electron chi connectivity index (χ0n) is 21.4. The van der Waals surface area contributed by atoms with Gasteiger partial charge in [0, 0.05) is 31.6 Å². The van der Waals surface area contributed by atoms with E-state index in [9.17, 15) is 15.0 Å². The number of fused-ring (bicyclic) bond motifs is 1. The Bertz CT molecular complexity index is 1110. The molecule has 1 aromatic carbocycles. The van der Waals surface area contributed by atoms with Crippen LogP contribution in [-0.4, -0.2) is 63.3 Å². The Hall–Kier alpha value is -3.19. The van der Waals surface area contributed by atoms with E-state index in [1.165, 1.54) is 0 Å².